The van der Waals surface area contributed by atoms with Gasteiger partial charge in [-0.05, 0) is 12.1 Å². The molecule has 3 heterocycles. The number of nitrogens with one attached hydrogen (secondary N) is 2. The van der Waals surface area contributed by atoms with Crippen molar-refractivity contribution < 1.29 is 0 Å². The van der Waals surface area contributed by atoms with Crippen molar-refractivity contribution in [3.63, 3.8) is 0 Å². The van der Waals surface area contributed by atoms with Crippen LogP contribution in [0.25, 0.3) is 11.0 Å². The molecule has 0 amide bonds. The number of fused-ring (bicyclic) bond motifs is 1. The first-order valence-electron chi connectivity index (χ1n) is 5.64. The van der Waals surface area contributed by atoms with Crippen molar-refractivity contribution in [2.24, 2.45) is 0 Å². The lowest BCUT2D eigenvalue weighted by Crippen LogP contribution is -2.02. The zero-order chi connectivity index (χ0) is 12.4. The number of anilines is 1. The Hall–Kier alpha value is -2.50. The van der Waals surface area contributed by atoms with Crippen LogP contribution in [0, 0.1) is 0 Å². The summed E-state index contributed by atoms with van der Waals surface area (Å²) in [4.78, 5) is 13.1. The fourth-order valence-corrected chi connectivity index (χ4v) is 1.82. The van der Waals surface area contributed by atoms with Crippen molar-refractivity contribution in [3.8, 4) is 0 Å². The highest BCUT2D eigenvalue weighted by molar-refractivity contribution is 5.78. The van der Waals surface area contributed by atoms with Crippen molar-refractivity contribution >= 4 is 17.0 Å². The first kappa shape index (κ1) is 10.6. The molecular weight excluding hydrogens is 228 g/mol. The van der Waals surface area contributed by atoms with Crippen LogP contribution in [0.3, 0.4) is 0 Å². The Labute approximate surface area is 104 Å². The molecule has 18 heavy (non-hydrogen) atoms. The summed E-state index contributed by atoms with van der Waals surface area (Å²) in [6.07, 6.45) is 4.18. The number of rotatable bonds is 3. The molecule has 0 aromatic carbocycles. The van der Waals surface area contributed by atoms with Crippen LogP contribution in [0.5, 0.6) is 0 Å². The van der Waals surface area contributed by atoms with Gasteiger partial charge in [-0.15, -0.1) is 0 Å². The maximum Gasteiger partial charge on any atom is 0.224 e. The average molecular weight is 240 g/mol. The molecule has 6 heteroatoms. The highest BCUT2D eigenvalue weighted by atomic mass is 15.2. The van der Waals surface area contributed by atoms with Gasteiger partial charge in [-0.1, -0.05) is 6.07 Å². The average Bonchev–Trinajstić information content (AvgIpc) is 2.88. The molecule has 0 radical (unpaired) electrons. The molecule has 0 aliphatic carbocycles. The van der Waals surface area contributed by atoms with Gasteiger partial charge in [-0.25, -0.2) is 4.98 Å². The lowest BCUT2D eigenvalue weighted by Gasteiger charge is -2.04. The Morgan fingerprint density at radius 3 is 3.00 bits per heavy atom. The summed E-state index contributed by atoms with van der Waals surface area (Å²) in [5, 5.41) is 10.7. The van der Waals surface area contributed by atoms with E-state index in [0.29, 0.717) is 12.4 Å². The van der Waals surface area contributed by atoms with E-state index in [2.05, 4.69) is 30.5 Å². The standard InChI is InChI=1S/C12H12N6/c1-13-12-16-10(6-8-4-2-3-5-14-8)9-7-15-18-11(9)17-12/h2-5,7H,6H2,1H3,(H2,13,15,16,17,18). The molecule has 6 nitrogen and oxygen atoms in total. The SMILES string of the molecule is CNc1nc(Cc2ccccn2)c2cn[nH]c2n1. The molecule has 0 aliphatic heterocycles. The molecule has 0 unspecified atom stereocenters. The van der Waals surface area contributed by atoms with E-state index in [-0.39, 0.29) is 0 Å². The fraction of sp³-hybridized carbons (Fsp3) is 0.167. The van der Waals surface area contributed by atoms with Crippen LogP contribution in [0.4, 0.5) is 5.95 Å². The Kier molecular flexibility index (Phi) is 2.60. The molecule has 0 fully saturated rings. The zero-order valence-corrected chi connectivity index (χ0v) is 9.88. The summed E-state index contributed by atoms with van der Waals surface area (Å²) in [5.74, 6) is 0.581. The summed E-state index contributed by atoms with van der Waals surface area (Å²) in [6, 6.07) is 5.85. The van der Waals surface area contributed by atoms with E-state index in [1.807, 2.05) is 18.2 Å². The molecule has 0 spiro atoms. The molecule has 0 saturated heterocycles. The van der Waals surface area contributed by atoms with Crippen molar-refractivity contribution in [2.75, 3.05) is 12.4 Å². The number of hydrogen-bond acceptors (Lipinski definition) is 5. The molecule has 3 aromatic heterocycles. The van der Waals surface area contributed by atoms with Crippen LogP contribution in [0.15, 0.2) is 30.6 Å². The van der Waals surface area contributed by atoms with Gasteiger partial charge in [0.15, 0.2) is 5.65 Å². The Bertz CT molecular complexity index is 661. The predicted octanol–water partition coefficient (Wildman–Crippen LogP) is 1.38. The van der Waals surface area contributed by atoms with Gasteiger partial charge in [0.05, 0.1) is 17.3 Å². The Morgan fingerprint density at radius 1 is 1.28 bits per heavy atom. The lowest BCUT2D eigenvalue weighted by molar-refractivity contribution is 1.01. The fourth-order valence-electron chi connectivity index (χ4n) is 1.82. The lowest BCUT2D eigenvalue weighted by atomic mass is 10.1. The molecule has 3 aromatic rings. The maximum absolute atomic E-state index is 4.46. The second-order valence-corrected chi connectivity index (χ2v) is 3.87. The van der Waals surface area contributed by atoms with Crippen LogP contribution in [-0.2, 0) is 6.42 Å². The molecule has 0 atom stereocenters. The summed E-state index contributed by atoms with van der Waals surface area (Å²) in [6.45, 7) is 0. The van der Waals surface area contributed by atoms with Crippen LogP contribution in [0.1, 0.15) is 11.4 Å². The molecule has 90 valence electrons. The molecule has 3 rings (SSSR count). The van der Waals surface area contributed by atoms with Crippen LogP contribution >= 0.6 is 0 Å². The molecule has 0 bridgehead atoms. The number of pyridine rings is 1. The van der Waals surface area contributed by atoms with Crippen molar-refractivity contribution in [1.82, 2.24) is 25.1 Å². The second-order valence-electron chi connectivity index (χ2n) is 3.87. The number of H-pyrrole nitrogens is 1. The molecular formula is C12H12N6. The summed E-state index contributed by atoms with van der Waals surface area (Å²) < 4.78 is 0. The van der Waals surface area contributed by atoms with Crippen molar-refractivity contribution in [1.29, 1.82) is 0 Å². The highest BCUT2D eigenvalue weighted by Crippen LogP contribution is 2.17. The van der Waals surface area contributed by atoms with E-state index >= 15 is 0 Å². The van der Waals surface area contributed by atoms with Crippen molar-refractivity contribution in [2.45, 2.75) is 6.42 Å². The minimum absolute atomic E-state index is 0.581. The largest absolute Gasteiger partial charge is 0.357 e. The van der Waals surface area contributed by atoms with Gasteiger partial charge < -0.3 is 5.32 Å². The topological polar surface area (TPSA) is 79.4 Å². The molecule has 2 N–H and O–H groups in total. The van der Waals surface area contributed by atoms with E-state index in [9.17, 15) is 0 Å². The van der Waals surface area contributed by atoms with Gasteiger partial charge in [0.2, 0.25) is 5.95 Å². The monoisotopic (exact) mass is 240 g/mol. The summed E-state index contributed by atoms with van der Waals surface area (Å²) >= 11 is 0. The molecule has 0 aliphatic rings. The van der Waals surface area contributed by atoms with Crippen LogP contribution in [0.2, 0.25) is 0 Å². The minimum Gasteiger partial charge on any atom is -0.357 e. The minimum atomic E-state index is 0.581. The van der Waals surface area contributed by atoms with Gasteiger partial charge in [0, 0.05) is 25.4 Å². The Balaban J connectivity index is 2.07. The molecule has 0 saturated carbocycles. The van der Waals surface area contributed by atoms with Gasteiger partial charge >= 0.3 is 0 Å². The summed E-state index contributed by atoms with van der Waals surface area (Å²) in [5.41, 5.74) is 2.62. The van der Waals surface area contributed by atoms with E-state index < -0.39 is 0 Å². The summed E-state index contributed by atoms with van der Waals surface area (Å²) in [7, 11) is 1.79. The van der Waals surface area contributed by atoms with Crippen LogP contribution in [-0.4, -0.2) is 32.2 Å². The quantitative estimate of drug-likeness (QED) is 0.723. The first-order chi connectivity index (χ1) is 8.86. The number of aromatic amines is 1. The van der Waals surface area contributed by atoms with E-state index in [1.54, 1.807) is 19.4 Å². The van der Waals surface area contributed by atoms with Gasteiger partial charge in [0.25, 0.3) is 0 Å². The van der Waals surface area contributed by atoms with Gasteiger partial charge in [-0.2, -0.15) is 10.1 Å². The van der Waals surface area contributed by atoms with Crippen LogP contribution < -0.4 is 5.32 Å². The van der Waals surface area contributed by atoms with E-state index in [4.69, 9.17) is 0 Å². The predicted molar refractivity (Wildman–Crippen MR) is 68.3 cm³/mol. The van der Waals surface area contributed by atoms with E-state index in [0.717, 1.165) is 22.4 Å². The third-order valence-corrected chi connectivity index (χ3v) is 2.69. The maximum atomic E-state index is 4.46. The first-order valence-corrected chi connectivity index (χ1v) is 5.64. The smallest absolute Gasteiger partial charge is 0.224 e. The van der Waals surface area contributed by atoms with Gasteiger partial charge in [0.1, 0.15) is 0 Å². The number of hydrogen-bond donors (Lipinski definition) is 2. The third kappa shape index (κ3) is 1.88. The normalized spacial score (nSPS) is 10.7. The van der Waals surface area contributed by atoms with Crippen molar-refractivity contribution in [3.05, 3.63) is 42.0 Å². The zero-order valence-electron chi connectivity index (χ0n) is 9.88. The van der Waals surface area contributed by atoms with Gasteiger partial charge in [-0.3, -0.25) is 10.1 Å². The highest BCUT2D eigenvalue weighted by Gasteiger charge is 2.09. The number of nitrogens with zero attached hydrogens (tertiary/aromatic N) is 4. The van der Waals surface area contributed by atoms with E-state index in [1.165, 1.54) is 0 Å². The second kappa shape index (κ2) is 4.40. The third-order valence-electron chi connectivity index (χ3n) is 2.69. The number of aromatic nitrogens is 5. The Morgan fingerprint density at radius 2 is 2.22 bits per heavy atom.